The minimum Gasteiger partial charge on any atom is -0.354 e. The highest BCUT2D eigenvalue weighted by Gasteiger charge is 2.23. The average molecular weight is 288 g/mol. The van der Waals surface area contributed by atoms with E-state index in [0.717, 1.165) is 24.5 Å². The van der Waals surface area contributed by atoms with Gasteiger partial charge in [0.25, 0.3) is 0 Å². The van der Waals surface area contributed by atoms with Crippen LogP contribution < -0.4 is 4.90 Å². The number of halogens is 2. The molecule has 1 saturated heterocycles. The van der Waals surface area contributed by atoms with E-state index in [-0.39, 0.29) is 0 Å². The Morgan fingerprint density at radius 1 is 1.50 bits per heavy atom. The minimum absolute atomic E-state index is 0.452. The summed E-state index contributed by atoms with van der Waals surface area (Å²) in [5.41, 5.74) is 0.964. The van der Waals surface area contributed by atoms with Gasteiger partial charge in [0.15, 0.2) is 0 Å². The summed E-state index contributed by atoms with van der Waals surface area (Å²) in [5, 5.41) is 0.701. The predicted molar refractivity (Wildman–Crippen MR) is 77.7 cm³/mol. The largest absolute Gasteiger partial charge is 0.354 e. The number of pyridine rings is 1. The fourth-order valence-electron chi connectivity index (χ4n) is 2.34. The summed E-state index contributed by atoms with van der Waals surface area (Å²) in [5.74, 6) is 1.34. The molecule has 100 valence electrons. The van der Waals surface area contributed by atoms with E-state index in [1.165, 1.54) is 12.8 Å². The van der Waals surface area contributed by atoms with Gasteiger partial charge in [0.1, 0.15) is 5.82 Å². The van der Waals surface area contributed by atoms with E-state index in [2.05, 4.69) is 28.9 Å². The van der Waals surface area contributed by atoms with Crippen LogP contribution >= 0.6 is 23.2 Å². The maximum atomic E-state index is 6.29. The van der Waals surface area contributed by atoms with E-state index in [0.29, 0.717) is 16.9 Å². The first kappa shape index (κ1) is 13.9. The molecule has 1 unspecified atom stereocenters. The van der Waals surface area contributed by atoms with Crippen molar-refractivity contribution in [1.82, 2.24) is 9.88 Å². The molecule has 0 N–H and O–H groups in total. The maximum Gasteiger partial charge on any atom is 0.147 e. The second-order valence-corrected chi connectivity index (χ2v) is 5.66. The molecule has 0 aromatic carbocycles. The molecule has 1 fully saturated rings. The van der Waals surface area contributed by atoms with Crippen molar-refractivity contribution in [3.8, 4) is 0 Å². The van der Waals surface area contributed by atoms with Gasteiger partial charge in [-0.15, -0.1) is 11.6 Å². The SMILES string of the molecule is CN(C)C1CCCN(c2ncc(CCl)cc2Cl)C1. The molecule has 1 aliphatic heterocycles. The number of rotatable bonds is 3. The third-order valence-electron chi connectivity index (χ3n) is 3.46. The topological polar surface area (TPSA) is 19.4 Å². The summed E-state index contributed by atoms with van der Waals surface area (Å²) in [6.07, 6.45) is 4.23. The third kappa shape index (κ3) is 3.08. The molecule has 1 aromatic rings. The number of likely N-dealkylation sites (N-methyl/N-ethyl adjacent to an activating group) is 1. The van der Waals surface area contributed by atoms with E-state index >= 15 is 0 Å². The number of alkyl halides is 1. The zero-order valence-corrected chi connectivity index (χ0v) is 12.4. The van der Waals surface area contributed by atoms with Crippen molar-refractivity contribution >= 4 is 29.0 Å². The van der Waals surface area contributed by atoms with Crippen LogP contribution in [-0.2, 0) is 5.88 Å². The Morgan fingerprint density at radius 2 is 2.28 bits per heavy atom. The zero-order chi connectivity index (χ0) is 13.1. The second-order valence-electron chi connectivity index (χ2n) is 4.99. The molecule has 5 heteroatoms. The van der Waals surface area contributed by atoms with Crippen LogP contribution in [0.5, 0.6) is 0 Å². The van der Waals surface area contributed by atoms with Gasteiger partial charge in [0, 0.05) is 31.2 Å². The first-order valence-electron chi connectivity index (χ1n) is 6.23. The van der Waals surface area contributed by atoms with Gasteiger partial charge in [-0.3, -0.25) is 0 Å². The van der Waals surface area contributed by atoms with E-state index in [1.807, 2.05) is 12.3 Å². The van der Waals surface area contributed by atoms with Crippen molar-refractivity contribution in [2.45, 2.75) is 24.8 Å². The Morgan fingerprint density at radius 3 is 2.89 bits per heavy atom. The highest BCUT2D eigenvalue weighted by atomic mass is 35.5. The summed E-state index contributed by atoms with van der Waals surface area (Å²) in [6.45, 7) is 2.01. The molecule has 0 amide bonds. The quantitative estimate of drug-likeness (QED) is 0.797. The van der Waals surface area contributed by atoms with Crippen LogP contribution in [0.1, 0.15) is 18.4 Å². The van der Waals surface area contributed by atoms with Gasteiger partial charge in [0.2, 0.25) is 0 Å². The fourth-order valence-corrected chi connectivity index (χ4v) is 2.80. The summed E-state index contributed by atoms with van der Waals surface area (Å²) in [7, 11) is 4.25. The standard InChI is InChI=1S/C13H19Cl2N3/c1-17(2)11-4-3-5-18(9-11)13-12(15)6-10(7-14)8-16-13/h6,8,11H,3-5,7,9H2,1-2H3. The van der Waals surface area contributed by atoms with E-state index in [9.17, 15) is 0 Å². The normalized spacial score (nSPS) is 20.5. The summed E-state index contributed by atoms with van der Waals surface area (Å²) in [4.78, 5) is 9.00. The molecule has 0 radical (unpaired) electrons. The Kier molecular flexibility index (Phi) is 4.71. The van der Waals surface area contributed by atoms with Gasteiger partial charge in [-0.25, -0.2) is 4.98 Å². The van der Waals surface area contributed by atoms with Gasteiger partial charge in [-0.1, -0.05) is 11.6 Å². The molecule has 2 rings (SSSR count). The lowest BCUT2D eigenvalue weighted by molar-refractivity contribution is 0.257. The molecule has 0 bridgehead atoms. The molecule has 0 spiro atoms. The fraction of sp³-hybridized carbons (Fsp3) is 0.615. The molecule has 2 heterocycles. The Bertz CT molecular complexity index is 409. The van der Waals surface area contributed by atoms with Crippen LogP contribution in [0.4, 0.5) is 5.82 Å². The summed E-state index contributed by atoms with van der Waals surface area (Å²) >= 11 is 12.1. The van der Waals surface area contributed by atoms with Crippen LogP contribution in [0.25, 0.3) is 0 Å². The van der Waals surface area contributed by atoms with E-state index in [4.69, 9.17) is 23.2 Å². The van der Waals surface area contributed by atoms with Crippen molar-refractivity contribution in [1.29, 1.82) is 0 Å². The van der Waals surface area contributed by atoms with Crippen molar-refractivity contribution in [2.75, 3.05) is 32.1 Å². The maximum absolute atomic E-state index is 6.29. The molecule has 18 heavy (non-hydrogen) atoms. The van der Waals surface area contributed by atoms with Gasteiger partial charge < -0.3 is 9.80 Å². The van der Waals surface area contributed by atoms with Crippen molar-refractivity contribution in [3.05, 3.63) is 22.8 Å². The third-order valence-corrected chi connectivity index (χ3v) is 4.05. The van der Waals surface area contributed by atoms with Gasteiger partial charge in [-0.2, -0.15) is 0 Å². The molecule has 1 aliphatic rings. The Balaban J connectivity index is 2.15. The molecular formula is C13H19Cl2N3. The van der Waals surface area contributed by atoms with Crippen molar-refractivity contribution < 1.29 is 0 Å². The number of hydrogen-bond donors (Lipinski definition) is 0. The predicted octanol–water partition coefficient (Wildman–Crippen LogP) is 3.00. The van der Waals surface area contributed by atoms with Gasteiger partial charge in [-0.05, 0) is 38.6 Å². The smallest absolute Gasteiger partial charge is 0.147 e. The second kappa shape index (κ2) is 6.09. The van der Waals surface area contributed by atoms with Crippen molar-refractivity contribution in [3.63, 3.8) is 0 Å². The lowest BCUT2D eigenvalue weighted by atomic mass is 10.0. The molecule has 0 aliphatic carbocycles. The van der Waals surface area contributed by atoms with E-state index in [1.54, 1.807) is 0 Å². The number of anilines is 1. The molecule has 1 aromatic heterocycles. The first-order chi connectivity index (χ1) is 8.61. The first-order valence-corrected chi connectivity index (χ1v) is 7.15. The summed E-state index contributed by atoms with van der Waals surface area (Å²) in [6, 6.07) is 2.49. The van der Waals surface area contributed by atoms with Crippen molar-refractivity contribution in [2.24, 2.45) is 0 Å². The lowest BCUT2D eigenvalue weighted by Gasteiger charge is -2.37. The molecule has 1 atom stereocenters. The van der Waals surface area contributed by atoms with Crippen LogP contribution in [0.3, 0.4) is 0 Å². The number of hydrogen-bond acceptors (Lipinski definition) is 3. The minimum atomic E-state index is 0.452. The molecule has 3 nitrogen and oxygen atoms in total. The highest BCUT2D eigenvalue weighted by molar-refractivity contribution is 6.33. The zero-order valence-electron chi connectivity index (χ0n) is 10.9. The van der Waals surface area contributed by atoms with Gasteiger partial charge >= 0.3 is 0 Å². The molecule has 0 saturated carbocycles. The van der Waals surface area contributed by atoms with Gasteiger partial charge in [0.05, 0.1) is 5.02 Å². The molecular weight excluding hydrogens is 269 g/mol. The summed E-state index contributed by atoms with van der Waals surface area (Å²) < 4.78 is 0. The van der Waals surface area contributed by atoms with E-state index < -0.39 is 0 Å². The number of nitrogens with zero attached hydrogens (tertiary/aromatic N) is 3. The van der Waals surface area contributed by atoms with Crippen LogP contribution in [0.2, 0.25) is 5.02 Å². The average Bonchev–Trinajstić information content (AvgIpc) is 2.38. The van der Waals surface area contributed by atoms with Crippen LogP contribution in [0.15, 0.2) is 12.3 Å². The Labute approximate surface area is 119 Å². The monoisotopic (exact) mass is 287 g/mol. The number of piperidine rings is 1. The lowest BCUT2D eigenvalue weighted by Crippen LogP contribution is -2.45. The Hall–Kier alpha value is -0.510. The number of aromatic nitrogens is 1. The highest BCUT2D eigenvalue weighted by Crippen LogP contribution is 2.27. The van der Waals surface area contributed by atoms with Crippen LogP contribution in [0, 0.1) is 0 Å². The van der Waals surface area contributed by atoms with Crippen LogP contribution in [-0.4, -0.2) is 43.1 Å².